The highest BCUT2D eigenvalue weighted by Gasteiger charge is 2.02. The lowest BCUT2D eigenvalue weighted by Gasteiger charge is -2.08. The van der Waals surface area contributed by atoms with Crippen LogP contribution >= 0.6 is 27.5 Å². The number of halogens is 2. The summed E-state index contributed by atoms with van der Waals surface area (Å²) in [6.07, 6.45) is 0. The highest BCUT2D eigenvalue weighted by Crippen LogP contribution is 2.24. The molecule has 0 saturated heterocycles. The third-order valence-electron chi connectivity index (χ3n) is 2.51. The summed E-state index contributed by atoms with van der Waals surface area (Å²) in [5.74, 6) is 0. The van der Waals surface area contributed by atoms with Crippen LogP contribution in [-0.4, -0.2) is 0 Å². The van der Waals surface area contributed by atoms with Gasteiger partial charge in [-0.25, -0.2) is 0 Å². The summed E-state index contributed by atoms with van der Waals surface area (Å²) in [5, 5.41) is 12.9. The fourth-order valence-corrected chi connectivity index (χ4v) is 2.13. The molecule has 18 heavy (non-hydrogen) atoms. The van der Waals surface area contributed by atoms with Gasteiger partial charge in [-0.2, -0.15) is 5.26 Å². The third-order valence-corrected chi connectivity index (χ3v) is 3.73. The van der Waals surface area contributed by atoms with Crippen molar-refractivity contribution in [3.05, 3.63) is 63.1 Å². The first-order valence-corrected chi connectivity index (χ1v) is 6.55. The Morgan fingerprint density at radius 1 is 1.22 bits per heavy atom. The van der Waals surface area contributed by atoms with Gasteiger partial charge in [0.05, 0.1) is 16.3 Å². The molecule has 4 heteroatoms. The van der Waals surface area contributed by atoms with E-state index in [-0.39, 0.29) is 0 Å². The van der Waals surface area contributed by atoms with Crippen LogP contribution in [0.3, 0.4) is 0 Å². The number of nitriles is 1. The topological polar surface area (TPSA) is 35.8 Å². The van der Waals surface area contributed by atoms with Gasteiger partial charge in [-0.3, -0.25) is 0 Å². The number of anilines is 1. The van der Waals surface area contributed by atoms with Crippen LogP contribution < -0.4 is 5.32 Å². The Morgan fingerprint density at radius 2 is 2.00 bits per heavy atom. The summed E-state index contributed by atoms with van der Waals surface area (Å²) in [6, 6.07) is 15.4. The van der Waals surface area contributed by atoms with Gasteiger partial charge < -0.3 is 5.32 Å². The lowest BCUT2D eigenvalue weighted by atomic mass is 10.1. The van der Waals surface area contributed by atoms with Gasteiger partial charge in [0.15, 0.2) is 0 Å². The molecule has 2 nitrogen and oxygen atoms in total. The predicted molar refractivity (Wildman–Crippen MR) is 77.6 cm³/mol. The first-order valence-electron chi connectivity index (χ1n) is 5.37. The number of rotatable bonds is 3. The first kappa shape index (κ1) is 12.9. The average Bonchev–Trinajstić information content (AvgIpc) is 2.40. The molecule has 0 aliphatic rings. The molecule has 0 spiro atoms. The number of benzene rings is 2. The summed E-state index contributed by atoms with van der Waals surface area (Å²) in [5.41, 5.74) is 2.58. The third kappa shape index (κ3) is 3.04. The molecule has 0 amide bonds. The van der Waals surface area contributed by atoms with E-state index in [0.717, 1.165) is 15.7 Å². The quantitative estimate of drug-likeness (QED) is 0.897. The molecule has 0 aliphatic heterocycles. The molecule has 0 heterocycles. The number of hydrogen-bond acceptors (Lipinski definition) is 2. The van der Waals surface area contributed by atoms with Crippen LogP contribution in [0.25, 0.3) is 0 Å². The van der Waals surface area contributed by atoms with Crippen molar-refractivity contribution in [1.82, 2.24) is 0 Å². The summed E-state index contributed by atoms with van der Waals surface area (Å²) in [4.78, 5) is 0. The first-order chi connectivity index (χ1) is 8.70. The molecule has 0 atom stereocenters. The standard InChI is InChI=1S/C14H10BrClN2/c15-12-7-10(5-6-13(12)16)9-18-14-4-2-1-3-11(14)8-17/h1-7,18H,9H2. The Bertz CT molecular complexity index is 605. The molecule has 2 aromatic rings. The molecule has 0 aromatic heterocycles. The monoisotopic (exact) mass is 320 g/mol. The Balaban J connectivity index is 2.12. The molecule has 2 aromatic carbocycles. The zero-order chi connectivity index (χ0) is 13.0. The van der Waals surface area contributed by atoms with Gasteiger partial charge >= 0.3 is 0 Å². The van der Waals surface area contributed by atoms with E-state index in [1.807, 2.05) is 36.4 Å². The van der Waals surface area contributed by atoms with E-state index in [9.17, 15) is 0 Å². The van der Waals surface area contributed by atoms with E-state index in [0.29, 0.717) is 17.1 Å². The molecular weight excluding hydrogens is 312 g/mol. The summed E-state index contributed by atoms with van der Waals surface area (Å²) >= 11 is 9.32. The van der Waals surface area contributed by atoms with E-state index in [1.54, 1.807) is 6.07 Å². The molecule has 0 saturated carbocycles. The number of hydrogen-bond donors (Lipinski definition) is 1. The fourth-order valence-electron chi connectivity index (χ4n) is 1.58. The van der Waals surface area contributed by atoms with Gasteiger partial charge in [0.2, 0.25) is 0 Å². The van der Waals surface area contributed by atoms with Crippen molar-refractivity contribution < 1.29 is 0 Å². The average molecular weight is 322 g/mol. The van der Waals surface area contributed by atoms with Crippen molar-refractivity contribution in [3.8, 4) is 6.07 Å². The Kier molecular flexibility index (Phi) is 4.24. The van der Waals surface area contributed by atoms with Crippen LogP contribution in [0, 0.1) is 11.3 Å². The summed E-state index contributed by atoms with van der Waals surface area (Å²) in [6.45, 7) is 0.647. The number of nitrogens with one attached hydrogen (secondary N) is 1. The molecule has 0 bridgehead atoms. The molecule has 1 N–H and O–H groups in total. The SMILES string of the molecule is N#Cc1ccccc1NCc1ccc(Cl)c(Br)c1. The van der Waals surface area contributed by atoms with Gasteiger partial charge in [0.25, 0.3) is 0 Å². The van der Waals surface area contributed by atoms with Crippen molar-refractivity contribution in [2.75, 3.05) is 5.32 Å². The smallest absolute Gasteiger partial charge is 0.101 e. The van der Waals surface area contributed by atoms with Crippen LogP contribution in [-0.2, 0) is 6.54 Å². The van der Waals surface area contributed by atoms with Crippen molar-refractivity contribution in [3.63, 3.8) is 0 Å². The Labute approximate surface area is 119 Å². The summed E-state index contributed by atoms with van der Waals surface area (Å²) in [7, 11) is 0. The van der Waals surface area contributed by atoms with Crippen LogP contribution in [0.5, 0.6) is 0 Å². The maximum atomic E-state index is 8.98. The highest BCUT2D eigenvalue weighted by atomic mass is 79.9. The lowest BCUT2D eigenvalue weighted by Crippen LogP contribution is -2.01. The van der Waals surface area contributed by atoms with Crippen molar-refractivity contribution >= 4 is 33.2 Å². The predicted octanol–water partition coefficient (Wildman–Crippen LogP) is 4.59. The Morgan fingerprint density at radius 3 is 2.72 bits per heavy atom. The van der Waals surface area contributed by atoms with E-state index in [4.69, 9.17) is 16.9 Å². The van der Waals surface area contributed by atoms with Crippen LogP contribution in [0.1, 0.15) is 11.1 Å². The van der Waals surface area contributed by atoms with Gasteiger partial charge in [-0.1, -0.05) is 29.8 Å². The molecular formula is C14H10BrClN2. The molecule has 0 fully saturated rings. The molecule has 0 radical (unpaired) electrons. The van der Waals surface area contributed by atoms with E-state index in [1.165, 1.54) is 0 Å². The highest BCUT2D eigenvalue weighted by molar-refractivity contribution is 9.10. The number of nitrogens with zero attached hydrogens (tertiary/aromatic N) is 1. The second-order valence-electron chi connectivity index (χ2n) is 3.76. The van der Waals surface area contributed by atoms with Crippen LogP contribution in [0.2, 0.25) is 5.02 Å². The molecule has 0 aliphatic carbocycles. The second kappa shape index (κ2) is 5.90. The van der Waals surface area contributed by atoms with Crippen molar-refractivity contribution in [1.29, 1.82) is 5.26 Å². The van der Waals surface area contributed by atoms with Crippen LogP contribution in [0.4, 0.5) is 5.69 Å². The van der Waals surface area contributed by atoms with E-state index >= 15 is 0 Å². The lowest BCUT2D eigenvalue weighted by molar-refractivity contribution is 1.14. The zero-order valence-corrected chi connectivity index (χ0v) is 11.8. The minimum Gasteiger partial charge on any atom is -0.380 e. The molecule has 0 unspecified atom stereocenters. The second-order valence-corrected chi connectivity index (χ2v) is 5.02. The van der Waals surface area contributed by atoms with Gasteiger partial charge in [-0.05, 0) is 45.8 Å². The minimum atomic E-state index is 0.644. The largest absolute Gasteiger partial charge is 0.380 e. The fraction of sp³-hybridized carbons (Fsp3) is 0.0714. The normalized spacial score (nSPS) is 9.83. The zero-order valence-electron chi connectivity index (χ0n) is 9.45. The van der Waals surface area contributed by atoms with Gasteiger partial charge in [-0.15, -0.1) is 0 Å². The van der Waals surface area contributed by atoms with E-state index in [2.05, 4.69) is 27.3 Å². The number of para-hydroxylation sites is 1. The molecule has 2 rings (SSSR count). The van der Waals surface area contributed by atoms with Crippen molar-refractivity contribution in [2.24, 2.45) is 0 Å². The van der Waals surface area contributed by atoms with Gasteiger partial charge in [0.1, 0.15) is 6.07 Å². The van der Waals surface area contributed by atoms with Gasteiger partial charge in [0, 0.05) is 11.0 Å². The molecule has 90 valence electrons. The maximum absolute atomic E-state index is 8.98. The Hall–Kier alpha value is -1.50. The summed E-state index contributed by atoms with van der Waals surface area (Å²) < 4.78 is 0.872. The maximum Gasteiger partial charge on any atom is 0.101 e. The van der Waals surface area contributed by atoms with E-state index < -0.39 is 0 Å². The minimum absolute atomic E-state index is 0.644. The van der Waals surface area contributed by atoms with Crippen LogP contribution in [0.15, 0.2) is 46.9 Å². The van der Waals surface area contributed by atoms with Crippen molar-refractivity contribution in [2.45, 2.75) is 6.54 Å².